The van der Waals surface area contributed by atoms with Crippen LogP contribution in [0.2, 0.25) is 0 Å². The number of nitrogens with two attached hydrogens (primary N) is 1. The molecule has 3 heteroatoms. The molecule has 1 aliphatic carbocycles. The largest absolute Gasteiger partial charge is 0.342 e. The summed E-state index contributed by atoms with van der Waals surface area (Å²) in [5.41, 5.74) is 8.04. The first-order chi connectivity index (χ1) is 10.7. The minimum atomic E-state index is -0.285. The van der Waals surface area contributed by atoms with Gasteiger partial charge in [0.05, 0.1) is 5.41 Å². The van der Waals surface area contributed by atoms with Crippen molar-refractivity contribution >= 4 is 5.91 Å². The lowest BCUT2D eigenvalue weighted by atomic mass is 9.67. The molecule has 1 unspecified atom stereocenters. The van der Waals surface area contributed by atoms with Crippen LogP contribution in [0.3, 0.4) is 0 Å². The standard InChI is InChI=1S/C19H28N2O/c1-15-7-3-4-8-17(15)19(10-5-2-6-11-19)18(22)21-12-9-16(13-20)14-21/h3-4,7-8,16H,2,5-6,9-14,20H2,1H3. The van der Waals surface area contributed by atoms with Gasteiger partial charge in [-0.3, -0.25) is 4.79 Å². The van der Waals surface area contributed by atoms with E-state index < -0.39 is 0 Å². The van der Waals surface area contributed by atoms with Crippen LogP contribution >= 0.6 is 0 Å². The van der Waals surface area contributed by atoms with Gasteiger partial charge in [0.1, 0.15) is 0 Å². The topological polar surface area (TPSA) is 46.3 Å². The fraction of sp³-hybridized carbons (Fsp3) is 0.632. The Labute approximate surface area is 133 Å². The summed E-state index contributed by atoms with van der Waals surface area (Å²) in [7, 11) is 0. The van der Waals surface area contributed by atoms with Crippen molar-refractivity contribution in [3.8, 4) is 0 Å². The van der Waals surface area contributed by atoms with Gasteiger partial charge in [0.15, 0.2) is 0 Å². The Hall–Kier alpha value is -1.35. The number of amides is 1. The minimum absolute atomic E-state index is 0.285. The van der Waals surface area contributed by atoms with Gasteiger partial charge in [-0.1, -0.05) is 43.5 Å². The van der Waals surface area contributed by atoms with Crippen LogP contribution in [-0.4, -0.2) is 30.4 Å². The van der Waals surface area contributed by atoms with Crippen molar-refractivity contribution in [2.75, 3.05) is 19.6 Å². The van der Waals surface area contributed by atoms with Gasteiger partial charge in [-0.05, 0) is 49.8 Å². The van der Waals surface area contributed by atoms with E-state index in [2.05, 4.69) is 36.1 Å². The molecule has 1 saturated heterocycles. The van der Waals surface area contributed by atoms with E-state index in [0.29, 0.717) is 18.4 Å². The Kier molecular flexibility index (Phi) is 4.53. The molecule has 120 valence electrons. The Morgan fingerprint density at radius 2 is 2.00 bits per heavy atom. The summed E-state index contributed by atoms with van der Waals surface area (Å²) in [4.78, 5) is 15.5. The predicted octanol–water partition coefficient (Wildman–Crippen LogP) is 3.00. The number of hydrogen-bond acceptors (Lipinski definition) is 2. The molecular formula is C19H28N2O. The maximum absolute atomic E-state index is 13.4. The van der Waals surface area contributed by atoms with Crippen molar-refractivity contribution in [3.63, 3.8) is 0 Å². The molecule has 22 heavy (non-hydrogen) atoms. The monoisotopic (exact) mass is 300 g/mol. The first-order valence-electron chi connectivity index (χ1n) is 8.73. The average Bonchev–Trinajstić information content (AvgIpc) is 3.04. The highest BCUT2D eigenvalue weighted by molar-refractivity contribution is 5.89. The second-order valence-electron chi connectivity index (χ2n) is 7.10. The molecule has 2 aliphatic rings. The summed E-state index contributed by atoms with van der Waals surface area (Å²) < 4.78 is 0. The maximum Gasteiger partial charge on any atom is 0.233 e. The summed E-state index contributed by atoms with van der Waals surface area (Å²) in [6.45, 7) is 4.57. The normalized spacial score (nSPS) is 24.5. The number of likely N-dealkylation sites (tertiary alicyclic amines) is 1. The van der Waals surface area contributed by atoms with Gasteiger partial charge in [0, 0.05) is 13.1 Å². The zero-order valence-electron chi connectivity index (χ0n) is 13.7. The highest BCUT2D eigenvalue weighted by Gasteiger charge is 2.45. The Balaban J connectivity index is 1.93. The summed E-state index contributed by atoms with van der Waals surface area (Å²) in [6, 6.07) is 8.47. The van der Waals surface area contributed by atoms with Gasteiger partial charge in [-0.25, -0.2) is 0 Å². The van der Waals surface area contributed by atoms with Crippen LogP contribution in [0.4, 0.5) is 0 Å². The predicted molar refractivity (Wildman–Crippen MR) is 89.7 cm³/mol. The highest BCUT2D eigenvalue weighted by Crippen LogP contribution is 2.43. The van der Waals surface area contributed by atoms with Crippen LogP contribution in [-0.2, 0) is 10.2 Å². The molecule has 0 bridgehead atoms. The molecule has 1 saturated carbocycles. The molecular weight excluding hydrogens is 272 g/mol. The van der Waals surface area contributed by atoms with Crippen LogP contribution in [0, 0.1) is 12.8 Å². The quantitative estimate of drug-likeness (QED) is 0.932. The number of carbonyl (C=O) groups is 1. The van der Waals surface area contributed by atoms with Gasteiger partial charge in [0.2, 0.25) is 5.91 Å². The molecule has 0 spiro atoms. The molecule has 2 N–H and O–H groups in total. The Morgan fingerprint density at radius 1 is 1.27 bits per heavy atom. The fourth-order valence-electron chi connectivity index (χ4n) is 4.38. The van der Waals surface area contributed by atoms with Crippen molar-refractivity contribution < 1.29 is 4.79 Å². The van der Waals surface area contributed by atoms with E-state index in [4.69, 9.17) is 5.73 Å². The van der Waals surface area contributed by atoms with E-state index in [1.807, 2.05) is 0 Å². The number of benzene rings is 1. The summed E-state index contributed by atoms with van der Waals surface area (Å²) in [5, 5.41) is 0. The van der Waals surface area contributed by atoms with Gasteiger partial charge in [0.25, 0.3) is 0 Å². The number of rotatable bonds is 3. The third kappa shape index (κ3) is 2.67. The Bertz CT molecular complexity index is 534. The van der Waals surface area contributed by atoms with Crippen molar-refractivity contribution in [3.05, 3.63) is 35.4 Å². The van der Waals surface area contributed by atoms with Crippen LogP contribution in [0.5, 0.6) is 0 Å². The molecule has 3 rings (SSSR count). The zero-order chi connectivity index (χ0) is 15.6. The summed E-state index contributed by atoms with van der Waals surface area (Å²) >= 11 is 0. The molecule has 1 atom stereocenters. The molecule has 2 fully saturated rings. The SMILES string of the molecule is Cc1ccccc1C1(C(=O)N2CCC(CN)C2)CCCCC1. The van der Waals surface area contributed by atoms with Gasteiger partial charge >= 0.3 is 0 Å². The molecule has 1 amide bonds. The summed E-state index contributed by atoms with van der Waals surface area (Å²) in [6.07, 6.45) is 6.64. The molecule has 1 aromatic carbocycles. The Morgan fingerprint density at radius 3 is 2.64 bits per heavy atom. The second-order valence-corrected chi connectivity index (χ2v) is 7.10. The molecule has 1 heterocycles. The third-order valence-electron chi connectivity index (χ3n) is 5.68. The lowest BCUT2D eigenvalue weighted by Gasteiger charge is -2.40. The number of nitrogens with zero attached hydrogens (tertiary/aromatic N) is 1. The van der Waals surface area contributed by atoms with Gasteiger partial charge in [-0.15, -0.1) is 0 Å². The smallest absolute Gasteiger partial charge is 0.233 e. The third-order valence-corrected chi connectivity index (χ3v) is 5.68. The van der Waals surface area contributed by atoms with Gasteiger partial charge in [-0.2, -0.15) is 0 Å². The van der Waals surface area contributed by atoms with Crippen molar-refractivity contribution in [2.45, 2.75) is 50.9 Å². The van der Waals surface area contributed by atoms with E-state index in [1.165, 1.54) is 17.5 Å². The van der Waals surface area contributed by atoms with Crippen molar-refractivity contribution in [2.24, 2.45) is 11.7 Å². The lowest BCUT2D eigenvalue weighted by Crippen LogP contribution is -2.47. The average molecular weight is 300 g/mol. The van der Waals surface area contributed by atoms with Crippen LogP contribution in [0.25, 0.3) is 0 Å². The lowest BCUT2D eigenvalue weighted by molar-refractivity contribution is -0.138. The fourth-order valence-corrected chi connectivity index (χ4v) is 4.38. The van der Waals surface area contributed by atoms with Crippen LogP contribution in [0.1, 0.15) is 49.7 Å². The first kappa shape index (κ1) is 15.5. The van der Waals surface area contributed by atoms with E-state index in [-0.39, 0.29) is 5.41 Å². The highest BCUT2D eigenvalue weighted by atomic mass is 16.2. The molecule has 1 aliphatic heterocycles. The van der Waals surface area contributed by atoms with E-state index >= 15 is 0 Å². The van der Waals surface area contributed by atoms with E-state index in [0.717, 1.165) is 45.2 Å². The van der Waals surface area contributed by atoms with Crippen molar-refractivity contribution in [1.29, 1.82) is 0 Å². The van der Waals surface area contributed by atoms with E-state index in [9.17, 15) is 4.79 Å². The van der Waals surface area contributed by atoms with Crippen molar-refractivity contribution in [1.82, 2.24) is 4.90 Å². The van der Waals surface area contributed by atoms with E-state index in [1.54, 1.807) is 0 Å². The zero-order valence-corrected chi connectivity index (χ0v) is 13.7. The molecule has 3 nitrogen and oxygen atoms in total. The van der Waals surface area contributed by atoms with Crippen LogP contribution < -0.4 is 5.73 Å². The minimum Gasteiger partial charge on any atom is -0.342 e. The first-order valence-corrected chi connectivity index (χ1v) is 8.73. The van der Waals surface area contributed by atoms with Gasteiger partial charge < -0.3 is 10.6 Å². The van der Waals surface area contributed by atoms with Crippen LogP contribution in [0.15, 0.2) is 24.3 Å². The molecule has 0 radical (unpaired) electrons. The number of hydrogen-bond donors (Lipinski definition) is 1. The maximum atomic E-state index is 13.4. The number of aryl methyl sites for hydroxylation is 1. The number of carbonyl (C=O) groups excluding carboxylic acids is 1. The summed E-state index contributed by atoms with van der Waals surface area (Å²) in [5.74, 6) is 0.846. The second kappa shape index (κ2) is 6.41. The molecule has 1 aromatic rings. The molecule has 0 aromatic heterocycles.